The molecule has 0 aliphatic carbocycles. The zero-order chi connectivity index (χ0) is 18.7. The molecule has 0 spiro atoms. The smallest absolute Gasteiger partial charge is 0.328 e. The molecule has 0 bridgehead atoms. The largest absolute Gasteiger partial charge is 0.545 e. The molecule has 2 rings (SSSR count). The third-order valence-electron chi connectivity index (χ3n) is 3.31. The minimum Gasteiger partial charge on any atom is -0.545 e. The SMILES string of the molecule is CC([NH2+]Cc1ccsc1)C(O)c1ccccc1.O=C([O-])/C=C/C(=O)O. The standard InChI is InChI=1S/C14H17NOS.C4H4O4/c1-11(15-9-12-7-8-17-10-12)14(16)13-5-3-2-4-6-13;5-3(6)1-2-4(7)8/h2-8,10-11,14-16H,9H2,1H3;1-2H,(H,5,6)(H,7,8)/b;2-1+. The number of aliphatic carboxylic acids is 2. The first-order valence-electron chi connectivity index (χ1n) is 7.59. The number of carboxylic acids is 2. The van der Waals surface area contributed by atoms with Crippen LogP contribution in [0.5, 0.6) is 0 Å². The van der Waals surface area contributed by atoms with E-state index in [1.165, 1.54) is 5.56 Å². The number of nitrogens with two attached hydrogens (primary N) is 1. The Morgan fingerprint density at radius 1 is 1.24 bits per heavy atom. The normalized spacial score (nSPS) is 12.9. The molecule has 2 aromatic rings. The molecule has 2 atom stereocenters. The molecule has 0 radical (unpaired) electrons. The zero-order valence-electron chi connectivity index (χ0n) is 13.7. The van der Waals surface area contributed by atoms with Crippen LogP contribution in [-0.2, 0) is 16.1 Å². The molecular weight excluding hydrogens is 342 g/mol. The molecule has 2 unspecified atom stereocenters. The van der Waals surface area contributed by atoms with Crippen LogP contribution in [0.1, 0.15) is 24.2 Å². The van der Waals surface area contributed by atoms with E-state index in [4.69, 9.17) is 5.11 Å². The van der Waals surface area contributed by atoms with E-state index >= 15 is 0 Å². The van der Waals surface area contributed by atoms with Gasteiger partial charge in [-0.3, -0.25) is 0 Å². The van der Waals surface area contributed by atoms with Crippen LogP contribution in [0.25, 0.3) is 0 Å². The Morgan fingerprint density at radius 3 is 2.40 bits per heavy atom. The molecule has 6 nitrogen and oxygen atoms in total. The summed E-state index contributed by atoms with van der Waals surface area (Å²) < 4.78 is 0. The van der Waals surface area contributed by atoms with Gasteiger partial charge < -0.3 is 25.4 Å². The maximum atomic E-state index is 10.2. The highest BCUT2D eigenvalue weighted by molar-refractivity contribution is 7.07. The Labute approximate surface area is 150 Å². The number of carbonyl (C=O) groups excluding carboxylic acids is 1. The lowest BCUT2D eigenvalue weighted by molar-refractivity contribution is -0.709. The van der Waals surface area contributed by atoms with Crippen LogP contribution in [0.4, 0.5) is 0 Å². The first-order valence-corrected chi connectivity index (χ1v) is 8.53. The van der Waals surface area contributed by atoms with Crippen molar-refractivity contribution >= 4 is 23.3 Å². The molecular formula is C18H21NO5S. The van der Waals surface area contributed by atoms with E-state index in [0.29, 0.717) is 12.2 Å². The van der Waals surface area contributed by atoms with Gasteiger partial charge in [0.2, 0.25) is 0 Å². The van der Waals surface area contributed by atoms with Gasteiger partial charge in [-0.05, 0) is 35.4 Å². The van der Waals surface area contributed by atoms with Crippen LogP contribution in [-0.4, -0.2) is 28.2 Å². The average Bonchev–Trinajstić information content (AvgIpc) is 3.12. The highest BCUT2D eigenvalue weighted by atomic mass is 32.1. The number of thiophene rings is 1. The molecule has 0 amide bonds. The van der Waals surface area contributed by atoms with E-state index in [-0.39, 0.29) is 6.04 Å². The Kier molecular flexibility index (Phi) is 9.16. The van der Waals surface area contributed by atoms with Crippen molar-refractivity contribution in [3.05, 3.63) is 70.4 Å². The van der Waals surface area contributed by atoms with Gasteiger partial charge in [0, 0.05) is 11.6 Å². The van der Waals surface area contributed by atoms with Crippen molar-refractivity contribution in [2.75, 3.05) is 0 Å². The van der Waals surface area contributed by atoms with Crippen LogP contribution >= 0.6 is 11.3 Å². The van der Waals surface area contributed by atoms with Gasteiger partial charge in [0.1, 0.15) is 18.7 Å². The Hall–Kier alpha value is -2.48. The first kappa shape index (κ1) is 20.6. The summed E-state index contributed by atoms with van der Waals surface area (Å²) in [4.78, 5) is 19.0. The number of hydrogen-bond acceptors (Lipinski definition) is 5. The fourth-order valence-electron chi connectivity index (χ4n) is 1.95. The Bertz CT molecular complexity index is 654. The Morgan fingerprint density at radius 2 is 1.92 bits per heavy atom. The van der Waals surface area contributed by atoms with Gasteiger partial charge in [0.05, 0.1) is 5.97 Å². The fraction of sp³-hybridized carbons (Fsp3) is 0.222. The second kappa shape index (κ2) is 11.1. The van der Waals surface area contributed by atoms with Gasteiger partial charge in [0.15, 0.2) is 0 Å². The molecule has 134 valence electrons. The second-order valence-electron chi connectivity index (χ2n) is 5.28. The van der Waals surface area contributed by atoms with Gasteiger partial charge in [-0.15, -0.1) is 0 Å². The number of rotatable bonds is 7. The van der Waals surface area contributed by atoms with Gasteiger partial charge in [-0.2, -0.15) is 11.3 Å². The van der Waals surface area contributed by atoms with E-state index < -0.39 is 18.0 Å². The van der Waals surface area contributed by atoms with E-state index in [1.807, 2.05) is 30.3 Å². The number of benzene rings is 1. The summed E-state index contributed by atoms with van der Waals surface area (Å²) in [7, 11) is 0. The van der Waals surface area contributed by atoms with Gasteiger partial charge >= 0.3 is 5.97 Å². The van der Waals surface area contributed by atoms with Crippen molar-refractivity contribution in [1.82, 2.24) is 0 Å². The van der Waals surface area contributed by atoms with Crippen molar-refractivity contribution in [2.45, 2.75) is 25.6 Å². The molecule has 1 aromatic heterocycles. The molecule has 7 heteroatoms. The van der Waals surface area contributed by atoms with Crippen molar-refractivity contribution in [3.8, 4) is 0 Å². The molecule has 25 heavy (non-hydrogen) atoms. The van der Waals surface area contributed by atoms with E-state index in [9.17, 15) is 19.8 Å². The molecule has 0 aliphatic heterocycles. The number of quaternary nitrogens is 1. The molecule has 4 N–H and O–H groups in total. The molecule has 0 saturated heterocycles. The third kappa shape index (κ3) is 8.80. The topological polar surface area (TPSA) is 114 Å². The maximum absolute atomic E-state index is 10.2. The number of aliphatic hydroxyl groups is 1. The first-order chi connectivity index (χ1) is 11.9. The molecule has 1 aromatic carbocycles. The summed E-state index contributed by atoms with van der Waals surface area (Å²) in [5.41, 5.74) is 2.31. The summed E-state index contributed by atoms with van der Waals surface area (Å²) in [6.45, 7) is 2.98. The summed E-state index contributed by atoms with van der Waals surface area (Å²) in [6, 6.07) is 12.1. The third-order valence-corrected chi connectivity index (χ3v) is 4.04. The van der Waals surface area contributed by atoms with Gasteiger partial charge in [-0.25, -0.2) is 4.79 Å². The van der Waals surface area contributed by atoms with Crippen LogP contribution < -0.4 is 10.4 Å². The summed E-state index contributed by atoms with van der Waals surface area (Å²) in [5.74, 6) is -2.80. The van der Waals surface area contributed by atoms with Crippen molar-refractivity contribution in [1.29, 1.82) is 0 Å². The predicted octanol–water partition coefficient (Wildman–Crippen LogP) is 0.311. The maximum Gasteiger partial charge on any atom is 0.328 e. The quantitative estimate of drug-likeness (QED) is 0.613. The Balaban J connectivity index is 0.000000333. The fourth-order valence-corrected chi connectivity index (χ4v) is 2.63. The van der Waals surface area contributed by atoms with Crippen LogP contribution in [0.3, 0.4) is 0 Å². The van der Waals surface area contributed by atoms with Crippen LogP contribution in [0.15, 0.2) is 59.3 Å². The molecule has 0 saturated carbocycles. The molecule has 0 aliphatic rings. The van der Waals surface area contributed by atoms with E-state index in [1.54, 1.807) is 11.3 Å². The molecule has 1 heterocycles. The number of carbonyl (C=O) groups is 2. The highest BCUT2D eigenvalue weighted by Crippen LogP contribution is 2.14. The number of carboxylic acid groups (broad SMARTS) is 2. The number of aliphatic hydroxyl groups excluding tert-OH is 1. The average molecular weight is 363 g/mol. The van der Waals surface area contributed by atoms with Gasteiger partial charge in [-0.1, -0.05) is 30.3 Å². The van der Waals surface area contributed by atoms with E-state index in [2.05, 4.69) is 29.1 Å². The van der Waals surface area contributed by atoms with Crippen molar-refractivity contribution in [3.63, 3.8) is 0 Å². The lowest BCUT2D eigenvalue weighted by atomic mass is 10.0. The highest BCUT2D eigenvalue weighted by Gasteiger charge is 2.18. The monoisotopic (exact) mass is 363 g/mol. The number of hydrogen-bond donors (Lipinski definition) is 3. The van der Waals surface area contributed by atoms with Crippen molar-refractivity contribution < 1.29 is 30.2 Å². The zero-order valence-corrected chi connectivity index (χ0v) is 14.6. The van der Waals surface area contributed by atoms with Crippen LogP contribution in [0, 0.1) is 0 Å². The molecule has 0 fully saturated rings. The minimum atomic E-state index is -1.51. The lowest BCUT2D eigenvalue weighted by Gasteiger charge is -2.17. The lowest BCUT2D eigenvalue weighted by Crippen LogP contribution is -2.88. The summed E-state index contributed by atoms with van der Waals surface area (Å²) >= 11 is 1.71. The predicted molar refractivity (Wildman–Crippen MR) is 92.6 cm³/mol. The van der Waals surface area contributed by atoms with Crippen molar-refractivity contribution in [2.24, 2.45) is 0 Å². The summed E-state index contributed by atoms with van der Waals surface area (Å²) in [5, 5.41) is 33.8. The summed E-state index contributed by atoms with van der Waals surface area (Å²) in [6.07, 6.45) is 0.535. The van der Waals surface area contributed by atoms with Gasteiger partial charge in [0.25, 0.3) is 0 Å². The van der Waals surface area contributed by atoms with E-state index in [0.717, 1.165) is 12.1 Å². The second-order valence-corrected chi connectivity index (χ2v) is 6.06. The minimum absolute atomic E-state index is 0.164. The van der Waals surface area contributed by atoms with Crippen LogP contribution in [0.2, 0.25) is 0 Å².